The first-order chi connectivity index (χ1) is 8.92. The number of aromatic nitrogens is 2. The molecule has 19 heavy (non-hydrogen) atoms. The van der Waals surface area contributed by atoms with Crippen molar-refractivity contribution in [1.29, 1.82) is 0 Å². The summed E-state index contributed by atoms with van der Waals surface area (Å²) in [6.45, 7) is 7.83. The number of nitrogens with zero attached hydrogens (tertiary/aromatic N) is 3. The van der Waals surface area contributed by atoms with Crippen LogP contribution < -0.4 is 5.73 Å². The molecule has 0 fully saturated rings. The topological polar surface area (TPSA) is 73.4 Å². The average Bonchev–Trinajstić information content (AvgIpc) is 2.71. The van der Waals surface area contributed by atoms with Crippen LogP contribution in [0.3, 0.4) is 0 Å². The Hall–Kier alpha value is -1.56. The molecule has 0 amide bonds. The molecule has 1 rings (SSSR count). The fourth-order valence-corrected chi connectivity index (χ4v) is 1.80. The molecular formula is C13H24N4O2. The van der Waals surface area contributed by atoms with Crippen LogP contribution in [0.15, 0.2) is 0 Å². The number of anilines is 1. The van der Waals surface area contributed by atoms with Crippen LogP contribution in [0.5, 0.6) is 0 Å². The van der Waals surface area contributed by atoms with Crippen LogP contribution in [0, 0.1) is 0 Å². The van der Waals surface area contributed by atoms with Crippen LogP contribution in [-0.4, -0.2) is 47.2 Å². The lowest BCUT2D eigenvalue weighted by Gasteiger charge is -2.21. The van der Waals surface area contributed by atoms with E-state index in [1.165, 1.54) is 7.11 Å². The number of hydrogen-bond acceptors (Lipinski definition) is 5. The van der Waals surface area contributed by atoms with Gasteiger partial charge in [0, 0.05) is 25.6 Å². The SMILES string of the molecule is CCc1nc(C(=O)OC)c(N)n1CCN(C)C(C)C. The van der Waals surface area contributed by atoms with E-state index >= 15 is 0 Å². The van der Waals surface area contributed by atoms with E-state index in [1.807, 2.05) is 11.5 Å². The summed E-state index contributed by atoms with van der Waals surface area (Å²) in [6, 6.07) is 0.467. The monoisotopic (exact) mass is 268 g/mol. The molecule has 6 nitrogen and oxygen atoms in total. The van der Waals surface area contributed by atoms with Crippen molar-refractivity contribution in [3.05, 3.63) is 11.5 Å². The van der Waals surface area contributed by atoms with Crippen LogP contribution in [0.2, 0.25) is 0 Å². The second-order valence-corrected chi connectivity index (χ2v) is 4.83. The fourth-order valence-electron chi connectivity index (χ4n) is 1.80. The normalized spacial score (nSPS) is 11.3. The number of likely N-dealkylation sites (N-methyl/N-ethyl adjacent to an activating group) is 1. The van der Waals surface area contributed by atoms with Gasteiger partial charge in [0.15, 0.2) is 5.69 Å². The number of carbonyl (C=O) groups excluding carboxylic acids is 1. The highest BCUT2D eigenvalue weighted by Crippen LogP contribution is 2.16. The number of ether oxygens (including phenoxy) is 1. The van der Waals surface area contributed by atoms with Crippen LogP contribution in [-0.2, 0) is 17.7 Å². The van der Waals surface area contributed by atoms with Crippen molar-refractivity contribution < 1.29 is 9.53 Å². The zero-order chi connectivity index (χ0) is 14.6. The fraction of sp³-hybridized carbons (Fsp3) is 0.692. The van der Waals surface area contributed by atoms with Gasteiger partial charge in [-0.15, -0.1) is 0 Å². The van der Waals surface area contributed by atoms with E-state index in [-0.39, 0.29) is 5.69 Å². The summed E-state index contributed by atoms with van der Waals surface area (Å²) < 4.78 is 6.58. The number of imidazole rings is 1. The second kappa shape index (κ2) is 6.56. The lowest BCUT2D eigenvalue weighted by atomic mass is 10.3. The van der Waals surface area contributed by atoms with E-state index in [1.54, 1.807) is 0 Å². The number of carbonyl (C=O) groups is 1. The molecule has 0 aromatic carbocycles. The summed E-state index contributed by atoms with van der Waals surface area (Å²) in [6.07, 6.45) is 0.729. The summed E-state index contributed by atoms with van der Waals surface area (Å²) in [5.41, 5.74) is 6.21. The van der Waals surface area contributed by atoms with Crippen molar-refractivity contribution in [3.8, 4) is 0 Å². The van der Waals surface area contributed by atoms with E-state index in [2.05, 4.69) is 35.5 Å². The number of esters is 1. The molecule has 0 spiro atoms. The Morgan fingerprint density at radius 3 is 2.63 bits per heavy atom. The van der Waals surface area contributed by atoms with E-state index < -0.39 is 5.97 Å². The molecule has 2 N–H and O–H groups in total. The van der Waals surface area contributed by atoms with Crippen LogP contribution >= 0.6 is 0 Å². The molecule has 0 atom stereocenters. The van der Waals surface area contributed by atoms with E-state index in [0.29, 0.717) is 18.4 Å². The zero-order valence-corrected chi connectivity index (χ0v) is 12.4. The molecule has 0 aliphatic carbocycles. The van der Waals surface area contributed by atoms with E-state index in [4.69, 9.17) is 5.73 Å². The largest absolute Gasteiger partial charge is 0.464 e. The number of rotatable bonds is 6. The molecule has 108 valence electrons. The number of nitrogens with two attached hydrogens (primary N) is 1. The minimum absolute atomic E-state index is 0.214. The zero-order valence-electron chi connectivity index (χ0n) is 12.4. The Balaban J connectivity index is 2.93. The molecular weight excluding hydrogens is 244 g/mol. The summed E-state index contributed by atoms with van der Waals surface area (Å²) in [4.78, 5) is 18.1. The van der Waals surface area contributed by atoms with Crippen LogP contribution in [0.4, 0.5) is 5.82 Å². The molecule has 6 heteroatoms. The van der Waals surface area contributed by atoms with Gasteiger partial charge in [-0.25, -0.2) is 9.78 Å². The number of aryl methyl sites for hydroxylation is 1. The van der Waals surface area contributed by atoms with Gasteiger partial charge in [0.05, 0.1) is 7.11 Å². The molecule has 0 unspecified atom stereocenters. The quantitative estimate of drug-likeness (QED) is 0.784. The number of hydrogen-bond donors (Lipinski definition) is 1. The van der Waals surface area contributed by atoms with Gasteiger partial charge in [-0.2, -0.15) is 0 Å². The van der Waals surface area contributed by atoms with Crippen molar-refractivity contribution in [3.63, 3.8) is 0 Å². The maximum Gasteiger partial charge on any atom is 0.360 e. The maximum absolute atomic E-state index is 11.6. The number of methoxy groups -OCH3 is 1. The van der Waals surface area contributed by atoms with Gasteiger partial charge in [-0.05, 0) is 20.9 Å². The van der Waals surface area contributed by atoms with Gasteiger partial charge in [-0.1, -0.05) is 6.92 Å². The summed E-state index contributed by atoms with van der Waals surface area (Å²) in [7, 11) is 3.39. The maximum atomic E-state index is 11.6. The second-order valence-electron chi connectivity index (χ2n) is 4.83. The minimum Gasteiger partial charge on any atom is -0.464 e. The molecule has 0 bridgehead atoms. The van der Waals surface area contributed by atoms with Gasteiger partial charge in [-0.3, -0.25) is 0 Å². The Kier molecular flexibility index (Phi) is 5.35. The third-order valence-electron chi connectivity index (χ3n) is 3.34. The van der Waals surface area contributed by atoms with Gasteiger partial charge in [0.25, 0.3) is 0 Å². The molecule has 1 aromatic rings. The smallest absolute Gasteiger partial charge is 0.360 e. The Labute approximate surface area is 114 Å². The van der Waals surface area contributed by atoms with Gasteiger partial charge >= 0.3 is 5.97 Å². The van der Waals surface area contributed by atoms with Crippen LogP contribution in [0.25, 0.3) is 0 Å². The third kappa shape index (κ3) is 3.47. The summed E-state index contributed by atoms with van der Waals surface area (Å²) >= 11 is 0. The van der Waals surface area contributed by atoms with Gasteiger partial charge < -0.3 is 19.9 Å². The standard InChI is InChI=1S/C13H24N4O2/c1-6-10-15-11(13(18)19-5)12(14)17(10)8-7-16(4)9(2)3/h9H,6-8,14H2,1-5H3. The average molecular weight is 268 g/mol. The summed E-state index contributed by atoms with van der Waals surface area (Å²) in [5, 5.41) is 0. The number of nitrogen functional groups attached to an aromatic ring is 1. The van der Waals surface area contributed by atoms with Crippen LogP contribution in [0.1, 0.15) is 37.1 Å². The first-order valence-corrected chi connectivity index (χ1v) is 6.55. The highest BCUT2D eigenvalue weighted by molar-refractivity contribution is 5.92. The lowest BCUT2D eigenvalue weighted by molar-refractivity contribution is 0.0595. The molecule has 0 saturated heterocycles. The van der Waals surface area contributed by atoms with E-state index in [9.17, 15) is 4.79 Å². The lowest BCUT2D eigenvalue weighted by Crippen LogP contribution is -2.30. The predicted molar refractivity (Wildman–Crippen MR) is 75.1 cm³/mol. The first-order valence-electron chi connectivity index (χ1n) is 6.55. The van der Waals surface area contributed by atoms with Crippen molar-refractivity contribution >= 4 is 11.8 Å². The highest BCUT2D eigenvalue weighted by atomic mass is 16.5. The Bertz CT molecular complexity index is 440. The van der Waals surface area contributed by atoms with E-state index in [0.717, 1.165) is 18.8 Å². The Morgan fingerprint density at radius 1 is 1.53 bits per heavy atom. The predicted octanol–water partition coefficient (Wildman–Crippen LogP) is 1.15. The summed E-state index contributed by atoms with van der Waals surface area (Å²) in [5.74, 6) is 0.721. The van der Waals surface area contributed by atoms with Crippen molar-refractivity contribution in [2.75, 3.05) is 26.4 Å². The van der Waals surface area contributed by atoms with Gasteiger partial charge in [0.2, 0.25) is 0 Å². The molecule has 0 saturated carbocycles. The van der Waals surface area contributed by atoms with Crippen molar-refractivity contribution in [2.24, 2.45) is 0 Å². The van der Waals surface area contributed by atoms with Crippen molar-refractivity contribution in [2.45, 2.75) is 39.8 Å². The molecule has 0 radical (unpaired) electrons. The third-order valence-corrected chi connectivity index (χ3v) is 3.34. The van der Waals surface area contributed by atoms with Crippen molar-refractivity contribution in [1.82, 2.24) is 14.5 Å². The Morgan fingerprint density at radius 2 is 2.16 bits per heavy atom. The van der Waals surface area contributed by atoms with Gasteiger partial charge in [0.1, 0.15) is 11.6 Å². The molecule has 0 aliphatic heterocycles. The molecule has 0 aliphatic rings. The first kappa shape index (κ1) is 15.5. The molecule has 1 heterocycles. The minimum atomic E-state index is -0.483. The molecule has 1 aromatic heterocycles. The highest BCUT2D eigenvalue weighted by Gasteiger charge is 2.20.